The fourth-order valence-electron chi connectivity index (χ4n) is 13.5. The van der Waals surface area contributed by atoms with E-state index in [0.717, 1.165) is 103 Å². The van der Waals surface area contributed by atoms with E-state index >= 15 is 0 Å². The van der Waals surface area contributed by atoms with Crippen LogP contribution in [0, 0.1) is 35.5 Å². The molecule has 4 atom stereocenters. The lowest BCUT2D eigenvalue weighted by atomic mass is 9.72. The number of hydrogen-bond donors (Lipinski definition) is 4. The van der Waals surface area contributed by atoms with E-state index in [1.54, 1.807) is 62.8 Å². The van der Waals surface area contributed by atoms with Crippen LogP contribution in [0.25, 0.3) is 0 Å². The predicted molar refractivity (Wildman–Crippen MR) is 338 cm³/mol. The van der Waals surface area contributed by atoms with Crippen molar-refractivity contribution >= 4 is 43.7 Å². The number of sulfonamides is 2. The third-order valence-corrected chi connectivity index (χ3v) is 21.3. The van der Waals surface area contributed by atoms with Gasteiger partial charge < -0.3 is 35.3 Å². The number of carbonyl (C=O) groups excluding carboxylic acids is 4. The molecule has 4 amide bonds. The summed E-state index contributed by atoms with van der Waals surface area (Å²) < 4.78 is 70.2. The van der Waals surface area contributed by atoms with Crippen molar-refractivity contribution in [2.45, 2.75) is 242 Å². The molecular weight excluding hydrogens is 1090 g/mol. The topological polar surface area (TPSA) is 227 Å². The van der Waals surface area contributed by atoms with Crippen LogP contribution in [0.4, 0.5) is 0 Å². The summed E-state index contributed by atoms with van der Waals surface area (Å²) in [5.41, 5.74) is 0.738. The van der Waals surface area contributed by atoms with Gasteiger partial charge in [0.1, 0.15) is 0 Å². The Kier molecular flexibility index (Phi) is 34.2. The Labute approximate surface area is 505 Å². The molecule has 8 aliphatic rings. The zero-order valence-corrected chi connectivity index (χ0v) is 46.8. The fourth-order valence-corrected chi connectivity index (χ4v) is 16.8. The molecule has 3 saturated carbocycles. The number of aliphatic hydroxyl groups excluding tert-OH is 1. The third-order valence-electron chi connectivity index (χ3n) is 17.6. The fraction of sp³-hybridized carbons (Fsp3) is 0.750. The van der Waals surface area contributed by atoms with Crippen LogP contribution in [0.5, 0.6) is 0 Å². The van der Waals surface area contributed by atoms with Crippen molar-refractivity contribution < 1.29 is 55.3 Å². The summed E-state index contributed by atoms with van der Waals surface area (Å²) in [6, 6.07) is 12.7. The molecular formula is C64H117N5O12S2. The van der Waals surface area contributed by atoms with Crippen LogP contribution in [0.15, 0.2) is 58.3 Å². The molecule has 4 spiro atoms. The lowest BCUT2D eigenvalue weighted by molar-refractivity contribution is -0.134. The van der Waals surface area contributed by atoms with Crippen LogP contribution in [0.2, 0.25) is 0 Å². The summed E-state index contributed by atoms with van der Waals surface area (Å²) >= 11 is 0. The molecule has 3 aliphatic carbocycles. The summed E-state index contributed by atoms with van der Waals surface area (Å²) in [4.78, 5) is 50.2. The first-order valence-corrected chi connectivity index (χ1v) is 30.4. The Morgan fingerprint density at radius 3 is 1.10 bits per heavy atom. The maximum absolute atomic E-state index is 13.1. The number of piperidine rings is 1. The third kappa shape index (κ3) is 17.8. The van der Waals surface area contributed by atoms with Gasteiger partial charge in [0, 0.05) is 21.3 Å². The van der Waals surface area contributed by atoms with Crippen molar-refractivity contribution in [1.29, 1.82) is 0 Å². The molecule has 83 heavy (non-hydrogen) atoms. The highest BCUT2D eigenvalue weighted by atomic mass is 32.2. The monoisotopic (exact) mass is 1210 g/mol. The van der Waals surface area contributed by atoms with Crippen molar-refractivity contribution in [1.82, 2.24) is 24.6 Å². The summed E-state index contributed by atoms with van der Waals surface area (Å²) in [5, 5.41) is 18.2. The van der Waals surface area contributed by atoms with Gasteiger partial charge in [0.2, 0.25) is 23.6 Å². The van der Waals surface area contributed by atoms with Crippen LogP contribution in [0.3, 0.4) is 0 Å². The number of aliphatic hydroxyl groups is 1. The van der Waals surface area contributed by atoms with Gasteiger partial charge in [-0.3, -0.25) is 19.2 Å². The average molecular weight is 1210 g/mol. The summed E-state index contributed by atoms with van der Waals surface area (Å²) in [5.74, 6) is -0.0399. The van der Waals surface area contributed by atoms with Gasteiger partial charge in [-0.25, -0.2) is 25.4 Å². The first-order valence-electron chi connectivity index (χ1n) is 27.6. The highest BCUT2D eigenvalue weighted by Crippen LogP contribution is 2.50. The Balaban J connectivity index is 0. The molecule has 2 aromatic rings. The molecule has 8 fully saturated rings. The van der Waals surface area contributed by atoms with E-state index in [9.17, 15) is 36.0 Å². The second-order valence-corrected chi connectivity index (χ2v) is 26.5. The van der Waals surface area contributed by atoms with Gasteiger partial charge in [-0.2, -0.15) is 0 Å². The number of benzene rings is 2. The molecule has 482 valence electrons. The second kappa shape index (κ2) is 35.0. The molecule has 10 rings (SSSR count). The number of nitrogens with zero attached hydrogens (tertiary/aromatic N) is 2. The molecule has 19 heteroatoms. The molecule has 4 N–H and O–H groups in total. The lowest BCUT2D eigenvalue weighted by Gasteiger charge is -2.31. The van der Waals surface area contributed by atoms with E-state index in [2.05, 4.69) is 16.0 Å². The Morgan fingerprint density at radius 2 is 0.771 bits per heavy atom. The van der Waals surface area contributed by atoms with Crippen LogP contribution in [-0.2, 0) is 53.4 Å². The van der Waals surface area contributed by atoms with Crippen LogP contribution < -0.4 is 16.0 Å². The number of amides is 4. The van der Waals surface area contributed by atoms with Gasteiger partial charge in [-0.05, 0) is 128 Å². The molecule has 5 saturated heterocycles. The van der Waals surface area contributed by atoms with Crippen LogP contribution in [0.1, 0.15) is 205 Å². The van der Waals surface area contributed by atoms with E-state index < -0.39 is 43.0 Å². The predicted octanol–water partition coefficient (Wildman–Crippen LogP) is 11.6. The maximum Gasteiger partial charge on any atom is 0.266 e. The van der Waals surface area contributed by atoms with Crippen molar-refractivity contribution in [2.24, 2.45) is 21.7 Å². The lowest BCUT2D eigenvalue weighted by Crippen LogP contribution is -2.45. The largest absolute Gasteiger partial charge is 0.394 e. The van der Waals surface area contributed by atoms with Crippen molar-refractivity contribution in [3.63, 3.8) is 0 Å². The summed E-state index contributed by atoms with van der Waals surface area (Å²) in [7, 11) is -2.94. The zero-order chi connectivity index (χ0) is 54.1. The number of aryl methyl sites for hydroxylation is 2. The van der Waals surface area contributed by atoms with Gasteiger partial charge in [-0.1, -0.05) is 153 Å². The molecule has 17 nitrogen and oxygen atoms in total. The van der Waals surface area contributed by atoms with E-state index in [1.165, 1.54) is 45.6 Å². The molecule has 5 heterocycles. The summed E-state index contributed by atoms with van der Waals surface area (Å²) in [6.07, 6.45) is 20.5. The van der Waals surface area contributed by atoms with Crippen LogP contribution >= 0.6 is 0 Å². The SMILES string of the molecule is C.C.C.C.C.C.C.C.COCC1CC2(CCCCC2)C(=O)N1.COCC1CC2(CCCCC2)C(=O)N1S(=O)(=O)c1ccc(C)cc1.COCC1CC2(CCNCC2)C(=O)N1S(=O)(=O)c1ccc(C)cc1.O=C1NC(CO)CC12CCCCC2. The minimum atomic E-state index is -3.87. The Hall–Kier alpha value is -3.98. The molecule has 0 aromatic heterocycles. The number of ether oxygens (including phenoxy) is 3. The van der Waals surface area contributed by atoms with Gasteiger partial charge in [0.25, 0.3) is 20.0 Å². The number of methoxy groups -OCH3 is 3. The number of nitrogens with one attached hydrogen (secondary N) is 3. The van der Waals surface area contributed by atoms with E-state index in [0.29, 0.717) is 32.3 Å². The van der Waals surface area contributed by atoms with Gasteiger partial charge in [0.15, 0.2) is 0 Å². The Morgan fingerprint density at radius 1 is 0.458 bits per heavy atom. The first-order chi connectivity index (χ1) is 35.8. The zero-order valence-electron chi connectivity index (χ0n) is 45.2. The molecule has 4 unspecified atom stereocenters. The van der Waals surface area contributed by atoms with Gasteiger partial charge >= 0.3 is 0 Å². The van der Waals surface area contributed by atoms with Crippen molar-refractivity contribution in [3.8, 4) is 0 Å². The van der Waals surface area contributed by atoms with E-state index in [4.69, 9.17) is 19.3 Å². The van der Waals surface area contributed by atoms with Crippen molar-refractivity contribution in [2.75, 3.05) is 60.8 Å². The normalized spacial score (nSPS) is 24.0. The quantitative estimate of drug-likeness (QED) is 0.164. The number of hydrogen-bond acceptors (Lipinski definition) is 13. The number of carbonyl (C=O) groups is 4. The highest BCUT2D eigenvalue weighted by Gasteiger charge is 2.57. The Bertz CT molecular complexity index is 2360. The van der Waals surface area contributed by atoms with E-state index in [1.807, 2.05) is 13.8 Å². The standard InChI is InChI=1S/C18H25NO4S.C17H24N2O4S.C11H19NO2.C10H17NO2.8CH4/c1-14-6-8-16(9-7-14)24(21,22)19-15(13-23-2)12-18(17(19)20)10-4-3-5-11-18;1-13-3-5-15(6-4-13)24(21,22)19-14(12-23-2)11-17(16(19)20)7-9-18-10-8-17;1-14-8-9-7-11(10(13)12-9)5-3-2-4-6-11;12-7-8-6-10(9(13)11-8)4-2-1-3-5-10;;;;;;;;/h6-9,15H,3-5,10-13H2,1-2H3;3-6,14,18H,7-12H2,1-2H3;9H,2-8H2,1H3,(H,12,13);8,12H,1-7H2,(H,11,13);8*1H4. The highest BCUT2D eigenvalue weighted by molar-refractivity contribution is 7.90. The number of rotatable bonds is 11. The minimum Gasteiger partial charge on any atom is -0.394 e. The van der Waals surface area contributed by atoms with Crippen LogP contribution in [-0.4, -0.2) is 139 Å². The summed E-state index contributed by atoms with van der Waals surface area (Å²) in [6.45, 7) is 6.51. The second-order valence-electron chi connectivity index (χ2n) is 22.9. The van der Waals surface area contributed by atoms with E-state index in [-0.39, 0.29) is 136 Å². The maximum atomic E-state index is 13.1. The van der Waals surface area contributed by atoms with Crippen molar-refractivity contribution in [3.05, 3.63) is 59.7 Å². The average Bonchev–Trinajstić information content (AvgIpc) is 4.30. The molecule has 5 aliphatic heterocycles. The first kappa shape index (κ1) is 81.1. The van der Waals surface area contributed by atoms with Gasteiger partial charge in [-0.15, -0.1) is 0 Å². The molecule has 2 aromatic carbocycles. The molecule has 0 radical (unpaired) electrons. The minimum absolute atomic E-state index is 0. The molecule has 0 bridgehead atoms. The smallest absolute Gasteiger partial charge is 0.266 e. The van der Waals surface area contributed by atoms with Gasteiger partial charge in [0.05, 0.1) is 82.0 Å².